The Morgan fingerprint density at radius 2 is 1.13 bits per heavy atom. The largest absolute Gasteiger partial charge is 0.494 e. The maximum atomic E-state index is 5.88. The standard InChI is InChI=1S/C26H40N2O2/c1-3-5-7-9-10-11-12-14-21-29-24-17-15-23(16-18-24)25-19-20-26(28-27-25)30-22-13-8-6-4-2/h15-20H,3-14,21-22H2,1-2H3. The monoisotopic (exact) mass is 412 g/mol. The van der Waals surface area contributed by atoms with Crippen LogP contribution in [0.25, 0.3) is 11.3 Å². The molecule has 0 fully saturated rings. The zero-order valence-corrected chi connectivity index (χ0v) is 19.1. The molecule has 2 aromatic rings. The maximum Gasteiger partial charge on any atom is 0.233 e. The molecule has 0 radical (unpaired) electrons. The molecule has 0 aliphatic carbocycles. The lowest BCUT2D eigenvalue weighted by atomic mass is 10.1. The van der Waals surface area contributed by atoms with Gasteiger partial charge in [-0.05, 0) is 43.2 Å². The SMILES string of the molecule is CCCCCCCCCCOc1ccc(-c2ccc(OCCCCCC)nn2)cc1. The summed E-state index contributed by atoms with van der Waals surface area (Å²) < 4.78 is 11.5. The molecule has 4 heteroatoms. The van der Waals surface area contributed by atoms with E-state index >= 15 is 0 Å². The quantitative estimate of drug-likeness (QED) is 0.251. The van der Waals surface area contributed by atoms with Crippen LogP contribution >= 0.6 is 0 Å². The van der Waals surface area contributed by atoms with Gasteiger partial charge < -0.3 is 9.47 Å². The minimum Gasteiger partial charge on any atom is -0.494 e. The second-order valence-corrected chi connectivity index (χ2v) is 8.01. The third-order valence-electron chi connectivity index (χ3n) is 5.30. The van der Waals surface area contributed by atoms with E-state index in [-0.39, 0.29) is 0 Å². The summed E-state index contributed by atoms with van der Waals surface area (Å²) in [5, 5.41) is 8.49. The van der Waals surface area contributed by atoms with E-state index in [9.17, 15) is 0 Å². The van der Waals surface area contributed by atoms with Gasteiger partial charge >= 0.3 is 0 Å². The Kier molecular flexibility index (Phi) is 12.7. The van der Waals surface area contributed by atoms with Gasteiger partial charge in [0.25, 0.3) is 0 Å². The van der Waals surface area contributed by atoms with Gasteiger partial charge in [-0.3, -0.25) is 0 Å². The summed E-state index contributed by atoms with van der Waals surface area (Å²) in [6.07, 6.45) is 15.3. The van der Waals surface area contributed by atoms with E-state index in [1.807, 2.05) is 36.4 Å². The number of rotatable bonds is 17. The van der Waals surface area contributed by atoms with Gasteiger partial charge in [0, 0.05) is 11.6 Å². The smallest absolute Gasteiger partial charge is 0.233 e. The highest BCUT2D eigenvalue weighted by atomic mass is 16.5. The van der Waals surface area contributed by atoms with Gasteiger partial charge in [-0.15, -0.1) is 10.2 Å². The zero-order chi connectivity index (χ0) is 21.3. The maximum absolute atomic E-state index is 5.88. The molecule has 166 valence electrons. The van der Waals surface area contributed by atoms with E-state index in [1.54, 1.807) is 0 Å². The van der Waals surface area contributed by atoms with Crippen molar-refractivity contribution in [3.8, 4) is 22.9 Å². The lowest BCUT2D eigenvalue weighted by molar-refractivity contribution is 0.290. The highest BCUT2D eigenvalue weighted by Gasteiger charge is 2.03. The Bertz CT molecular complexity index is 656. The van der Waals surface area contributed by atoms with Crippen molar-refractivity contribution in [3.05, 3.63) is 36.4 Å². The van der Waals surface area contributed by atoms with Gasteiger partial charge in [0.05, 0.1) is 18.9 Å². The van der Waals surface area contributed by atoms with Crippen molar-refractivity contribution < 1.29 is 9.47 Å². The van der Waals surface area contributed by atoms with Crippen molar-refractivity contribution in [2.45, 2.75) is 90.9 Å². The molecule has 0 aliphatic heterocycles. The summed E-state index contributed by atoms with van der Waals surface area (Å²) in [5.74, 6) is 1.52. The fourth-order valence-electron chi connectivity index (χ4n) is 3.40. The van der Waals surface area contributed by atoms with Gasteiger partial charge in [0.1, 0.15) is 5.75 Å². The number of benzene rings is 1. The Hall–Kier alpha value is -2.10. The molecule has 1 aromatic heterocycles. The first-order valence-corrected chi connectivity index (χ1v) is 12.0. The van der Waals surface area contributed by atoms with Crippen LogP contribution in [0.1, 0.15) is 90.9 Å². The van der Waals surface area contributed by atoms with Crippen LogP contribution in [0.4, 0.5) is 0 Å². The van der Waals surface area contributed by atoms with Crippen LogP contribution in [0.5, 0.6) is 11.6 Å². The minimum absolute atomic E-state index is 0.598. The van der Waals surface area contributed by atoms with Crippen LogP contribution in [-0.4, -0.2) is 23.4 Å². The van der Waals surface area contributed by atoms with Crippen LogP contribution in [0.15, 0.2) is 36.4 Å². The molecule has 0 saturated heterocycles. The molecule has 2 rings (SSSR count). The van der Waals surface area contributed by atoms with Crippen molar-refractivity contribution in [1.29, 1.82) is 0 Å². The molecular formula is C26H40N2O2. The number of hydrogen-bond donors (Lipinski definition) is 0. The Morgan fingerprint density at radius 1 is 0.567 bits per heavy atom. The lowest BCUT2D eigenvalue weighted by Crippen LogP contribution is -2.00. The molecule has 0 atom stereocenters. The topological polar surface area (TPSA) is 44.2 Å². The molecule has 0 N–H and O–H groups in total. The van der Waals surface area contributed by atoms with Crippen LogP contribution in [0, 0.1) is 0 Å². The van der Waals surface area contributed by atoms with Crippen molar-refractivity contribution >= 4 is 0 Å². The first kappa shape index (κ1) is 24.2. The predicted molar refractivity (Wildman–Crippen MR) is 125 cm³/mol. The van der Waals surface area contributed by atoms with Crippen LogP contribution in [0.3, 0.4) is 0 Å². The fraction of sp³-hybridized carbons (Fsp3) is 0.615. The molecule has 30 heavy (non-hydrogen) atoms. The summed E-state index contributed by atoms with van der Waals surface area (Å²) in [7, 11) is 0. The second kappa shape index (κ2) is 15.7. The summed E-state index contributed by atoms with van der Waals surface area (Å²) in [6, 6.07) is 12.0. The van der Waals surface area contributed by atoms with E-state index in [0.717, 1.165) is 36.5 Å². The molecule has 1 aromatic carbocycles. The van der Waals surface area contributed by atoms with Gasteiger partial charge in [-0.1, -0.05) is 78.1 Å². The number of ether oxygens (including phenoxy) is 2. The Morgan fingerprint density at radius 3 is 1.73 bits per heavy atom. The third-order valence-corrected chi connectivity index (χ3v) is 5.30. The minimum atomic E-state index is 0.598. The first-order chi connectivity index (χ1) is 14.8. The van der Waals surface area contributed by atoms with Gasteiger partial charge in [-0.25, -0.2) is 0 Å². The van der Waals surface area contributed by atoms with Crippen LogP contribution in [-0.2, 0) is 0 Å². The van der Waals surface area contributed by atoms with E-state index < -0.39 is 0 Å². The molecule has 0 aliphatic rings. The average Bonchev–Trinajstić information content (AvgIpc) is 2.79. The molecule has 1 heterocycles. The van der Waals surface area contributed by atoms with Crippen molar-refractivity contribution in [2.24, 2.45) is 0 Å². The van der Waals surface area contributed by atoms with Crippen LogP contribution in [0.2, 0.25) is 0 Å². The molecule has 0 unspecified atom stereocenters. The summed E-state index contributed by atoms with van der Waals surface area (Å²) >= 11 is 0. The normalized spacial score (nSPS) is 10.9. The average molecular weight is 413 g/mol. The van der Waals surface area contributed by atoms with Gasteiger partial charge in [-0.2, -0.15) is 0 Å². The van der Waals surface area contributed by atoms with E-state index in [0.29, 0.717) is 12.5 Å². The molecule has 0 spiro atoms. The van der Waals surface area contributed by atoms with Crippen molar-refractivity contribution in [3.63, 3.8) is 0 Å². The number of hydrogen-bond acceptors (Lipinski definition) is 4. The van der Waals surface area contributed by atoms with Gasteiger partial charge in [0.15, 0.2) is 0 Å². The summed E-state index contributed by atoms with van der Waals surface area (Å²) in [4.78, 5) is 0. The number of unbranched alkanes of at least 4 members (excludes halogenated alkanes) is 10. The lowest BCUT2D eigenvalue weighted by Gasteiger charge is -2.08. The second-order valence-electron chi connectivity index (χ2n) is 8.01. The van der Waals surface area contributed by atoms with Crippen molar-refractivity contribution in [1.82, 2.24) is 10.2 Å². The Labute approximate surface area is 183 Å². The van der Waals surface area contributed by atoms with E-state index in [4.69, 9.17) is 9.47 Å². The predicted octanol–water partition coefficient (Wildman–Crippen LogP) is 7.62. The van der Waals surface area contributed by atoms with Crippen LogP contribution < -0.4 is 9.47 Å². The molecule has 0 amide bonds. The Balaban J connectivity index is 1.64. The highest BCUT2D eigenvalue weighted by Crippen LogP contribution is 2.21. The molecular weight excluding hydrogens is 372 g/mol. The zero-order valence-electron chi connectivity index (χ0n) is 19.1. The molecule has 4 nitrogen and oxygen atoms in total. The first-order valence-electron chi connectivity index (χ1n) is 12.0. The van der Waals surface area contributed by atoms with Crippen molar-refractivity contribution in [2.75, 3.05) is 13.2 Å². The van der Waals surface area contributed by atoms with E-state index in [2.05, 4.69) is 24.0 Å². The third kappa shape index (κ3) is 10.1. The van der Waals surface area contributed by atoms with E-state index in [1.165, 1.54) is 64.2 Å². The number of aromatic nitrogens is 2. The molecule has 0 saturated carbocycles. The summed E-state index contributed by atoms with van der Waals surface area (Å²) in [6.45, 7) is 5.97. The fourth-order valence-corrected chi connectivity index (χ4v) is 3.40. The number of nitrogens with zero attached hydrogens (tertiary/aromatic N) is 2. The molecule has 0 bridgehead atoms. The summed E-state index contributed by atoms with van der Waals surface area (Å²) in [5.41, 5.74) is 1.89. The van der Waals surface area contributed by atoms with Gasteiger partial charge in [0.2, 0.25) is 5.88 Å². The highest BCUT2D eigenvalue weighted by molar-refractivity contribution is 5.59.